The molecule has 0 radical (unpaired) electrons. The molecule has 7 nitrogen and oxygen atoms in total. The first-order chi connectivity index (χ1) is 11.7. The average Bonchev–Trinajstić information content (AvgIpc) is 2.83. The van der Waals surface area contributed by atoms with Gasteiger partial charge in [-0.2, -0.15) is 0 Å². The van der Waals surface area contributed by atoms with Gasteiger partial charge >= 0.3 is 0 Å². The van der Waals surface area contributed by atoms with Gasteiger partial charge in [0.2, 0.25) is 0 Å². The quantitative estimate of drug-likeness (QED) is 0.580. The Balaban J connectivity index is 1.83. The Bertz CT molecular complexity index is 537. The maximum Gasteiger partial charge on any atom is 0.195 e. The van der Waals surface area contributed by atoms with E-state index in [1.807, 2.05) is 18.2 Å². The Hall–Kier alpha value is -1.99. The summed E-state index contributed by atoms with van der Waals surface area (Å²) >= 11 is 0. The Labute approximate surface area is 144 Å². The van der Waals surface area contributed by atoms with Gasteiger partial charge in [0.05, 0.1) is 19.8 Å². The van der Waals surface area contributed by atoms with Crippen LogP contribution in [0.1, 0.15) is 6.42 Å². The molecule has 7 heteroatoms. The zero-order valence-electron chi connectivity index (χ0n) is 14.8. The zero-order chi connectivity index (χ0) is 17.2. The van der Waals surface area contributed by atoms with Gasteiger partial charge in [0.15, 0.2) is 17.5 Å². The molecular formula is C17H28N4O3. The second-order valence-corrected chi connectivity index (χ2v) is 5.63. The monoisotopic (exact) mass is 336 g/mol. The van der Waals surface area contributed by atoms with Crippen molar-refractivity contribution >= 4 is 11.6 Å². The third kappa shape index (κ3) is 5.90. The molecular weight excluding hydrogens is 308 g/mol. The molecule has 0 spiro atoms. The van der Waals surface area contributed by atoms with E-state index in [0.29, 0.717) is 13.2 Å². The molecule has 2 rings (SSSR count). The number of benzene rings is 1. The van der Waals surface area contributed by atoms with Crippen molar-refractivity contribution in [3.05, 3.63) is 18.2 Å². The molecule has 0 saturated carbocycles. The van der Waals surface area contributed by atoms with Crippen molar-refractivity contribution in [2.45, 2.75) is 6.42 Å². The van der Waals surface area contributed by atoms with Gasteiger partial charge in [0.25, 0.3) is 0 Å². The van der Waals surface area contributed by atoms with E-state index in [1.54, 1.807) is 14.2 Å². The second-order valence-electron chi connectivity index (χ2n) is 5.63. The minimum absolute atomic E-state index is 0.678. The van der Waals surface area contributed by atoms with E-state index < -0.39 is 0 Å². The van der Waals surface area contributed by atoms with Crippen LogP contribution < -0.4 is 20.1 Å². The van der Waals surface area contributed by atoms with Crippen LogP contribution in [0.5, 0.6) is 11.5 Å². The molecule has 2 N–H and O–H groups in total. The van der Waals surface area contributed by atoms with Crippen molar-refractivity contribution in [2.24, 2.45) is 4.99 Å². The third-order valence-corrected chi connectivity index (χ3v) is 3.70. The minimum atomic E-state index is 0.678. The van der Waals surface area contributed by atoms with Crippen molar-refractivity contribution in [1.29, 1.82) is 0 Å². The standard InChI is InChI=1S/C17H28N4O3/c1-18-17(19-7-8-21(2)9-12-22-3)20-14-5-6-15-16(13-14)24-11-4-10-23-15/h5-6,13H,4,7-12H2,1-3H3,(H2,18,19,20). The fourth-order valence-corrected chi connectivity index (χ4v) is 2.28. The third-order valence-electron chi connectivity index (χ3n) is 3.70. The van der Waals surface area contributed by atoms with Gasteiger partial charge in [-0.25, -0.2) is 0 Å². The Morgan fingerprint density at radius 3 is 2.79 bits per heavy atom. The van der Waals surface area contributed by atoms with E-state index in [0.717, 1.165) is 55.8 Å². The number of rotatable bonds is 7. The summed E-state index contributed by atoms with van der Waals surface area (Å²) in [6.45, 7) is 4.72. The highest BCUT2D eigenvalue weighted by atomic mass is 16.5. The van der Waals surface area contributed by atoms with Crippen LogP contribution in [0, 0.1) is 0 Å². The lowest BCUT2D eigenvalue weighted by atomic mass is 10.3. The summed E-state index contributed by atoms with van der Waals surface area (Å²) in [7, 11) is 5.54. The van der Waals surface area contributed by atoms with Crippen LogP contribution in [-0.4, -0.2) is 71.5 Å². The molecule has 0 aliphatic carbocycles. The number of likely N-dealkylation sites (N-methyl/N-ethyl adjacent to an activating group) is 1. The van der Waals surface area contributed by atoms with Crippen LogP contribution >= 0.6 is 0 Å². The first kappa shape index (κ1) is 18.4. The van der Waals surface area contributed by atoms with E-state index in [1.165, 1.54) is 0 Å². The summed E-state index contributed by atoms with van der Waals surface area (Å²) in [5, 5.41) is 6.58. The van der Waals surface area contributed by atoms with Gasteiger partial charge in [-0.1, -0.05) is 0 Å². The van der Waals surface area contributed by atoms with Gasteiger partial charge in [-0.05, 0) is 19.2 Å². The Morgan fingerprint density at radius 1 is 1.25 bits per heavy atom. The molecule has 0 fully saturated rings. The molecule has 0 atom stereocenters. The number of methoxy groups -OCH3 is 1. The summed E-state index contributed by atoms with van der Waals surface area (Å²) < 4.78 is 16.4. The van der Waals surface area contributed by atoms with Crippen molar-refractivity contribution in [1.82, 2.24) is 10.2 Å². The molecule has 1 aromatic carbocycles. The number of anilines is 1. The number of guanidine groups is 1. The summed E-state index contributed by atoms with van der Waals surface area (Å²) in [4.78, 5) is 6.46. The fourth-order valence-electron chi connectivity index (χ4n) is 2.28. The summed E-state index contributed by atoms with van der Waals surface area (Å²) in [6, 6.07) is 5.83. The number of hydrogen-bond acceptors (Lipinski definition) is 5. The predicted octanol–water partition coefficient (Wildman–Crippen LogP) is 1.41. The topological polar surface area (TPSA) is 67.4 Å². The largest absolute Gasteiger partial charge is 0.490 e. The fraction of sp³-hybridized carbons (Fsp3) is 0.588. The molecule has 0 aromatic heterocycles. The highest BCUT2D eigenvalue weighted by Gasteiger charge is 2.11. The number of aliphatic imine (C=N–C) groups is 1. The molecule has 0 unspecified atom stereocenters. The van der Waals surface area contributed by atoms with Gasteiger partial charge in [0.1, 0.15) is 0 Å². The molecule has 1 heterocycles. The first-order valence-corrected chi connectivity index (χ1v) is 8.27. The molecule has 0 saturated heterocycles. The van der Waals surface area contributed by atoms with Crippen molar-refractivity contribution in [3.8, 4) is 11.5 Å². The number of hydrogen-bond donors (Lipinski definition) is 2. The molecule has 1 aliphatic heterocycles. The van der Waals surface area contributed by atoms with Crippen LogP contribution in [0.3, 0.4) is 0 Å². The van der Waals surface area contributed by atoms with E-state index in [4.69, 9.17) is 14.2 Å². The van der Waals surface area contributed by atoms with Crippen LogP contribution in [0.4, 0.5) is 5.69 Å². The van der Waals surface area contributed by atoms with E-state index in [2.05, 4.69) is 27.6 Å². The van der Waals surface area contributed by atoms with Gasteiger partial charge < -0.3 is 29.7 Å². The molecule has 0 bridgehead atoms. The molecule has 1 aliphatic rings. The molecule has 0 amide bonds. The van der Waals surface area contributed by atoms with Crippen LogP contribution in [0.2, 0.25) is 0 Å². The van der Waals surface area contributed by atoms with Crippen LogP contribution in [-0.2, 0) is 4.74 Å². The number of nitrogens with zero attached hydrogens (tertiary/aromatic N) is 2. The Morgan fingerprint density at radius 2 is 2.04 bits per heavy atom. The van der Waals surface area contributed by atoms with E-state index in [9.17, 15) is 0 Å². The lowest BCUT2D eigenvalue weighted by Gasteiger charge is -2.18. The van der Waals surface area contributed by atoms with Crippen LogP contribution in [0.15, 0.2) is 23.2 Å². The first-order valence-electron chi connectivity index (χ1n) is 8.27. The van der Waals surface area contributed by atoms with Crippen molar-refractivity contribution in [3.63, 3.8) is 0 Å². The molecule has 24 heavy (non-hydrogen) atoms. The zero-order valence-corrected chi connectivity index (χ0v) is 14.8. The lowest BCUT2D eigenvalue weighted by molar-refractivity contribution is 0.162. The maximum atomic E-state index is 5.71. The Kier molecular flexibility index (Phi) is 7.64. The second kappa shape index (κ2) is 10.00. The normalized spacial score (nSPS) is 14.4. The molecule has 1 aromatic rings. The molecule has 134 valence electrons. The number of nitrogens with one attached hydrogen (secondary N) is 2. The van der Waals surface area contributed by atoms with E-state index in [-0.39, 0.29) is 0 Å². The van der Waals surface area contributed by atoms with E-state index >= 15 is 0 Å². The number of fused-ring (bicyclic) bond motifs is 1. The van der Waals surface area contributed by atoms with Crippen molar-refractivity contribution in [2.75, 3.05) is 66.0 Å². The van der Waals surface area contributed by atoms with Gasteiger partial charge in [0, 0.05) is 52.0 Å². The van der Waals surface area contributed by atoms with Crippen LogP contribution in [0.25, 0.3) is 0 Å². The minimum Gasteiger partial charge on any atom is -0.490 e. The van der Waals surface area contributed by atoms with Gasteiger partial charge in [-0.3, -0.25) is 4.99 Å². The highest BCUT2D eigenvalue weighted by Crippen LogP contribution is 2.32. The van der Waals surface area contributed by atoms with Crippen molar-refractivity contribution < 1.29 is 14.2 Å². The number of ether oxygens (including phenoxy) is 3. The highest BCUT2D eigenvalue weighted by molar-refractivity contribution is 5.93. The smallest absolute Gasteiger partial charge is 0.195 e. The summed E-state index contributed by atoms with van der Waals surface area (Å²) in [5.41, 5.74) is 0.917. The summed E-state index contributed by atoms with van der Waals surface area (Å²) in [6.07, 6.45) is 0.900. The SMILES string of the molecule is CN=C(NCCN(C)CCOC)Nc1ccc2c(c1)OCCCO2. The summed E-state index contributed by atoms with van der Waals surface area (Å²) in [5.74, 6) is 2.29. The maximum absolute atomic E-state index is 5.71. The lowest BCUT2D eigenvalue weighted by Crippen LogP contribution is -2.37. The average molecular weight is 336 g/mol. The van der Waals surface area contributed by atoms with Gasteiger partial charge in [-0.15, -0.1) is 0 Å². The predicted molar refractivity (Wildman–Crippen MR) is 96.4 cm³/mol.